The summed E-state index contributed by atoms with van der Waals surface area (Å²) in [4.78, 5) is 38.9. The van der Waals surface area contributed by atoms with Crippen LogP contribution in [0.4, 0.5) is 29.7 Å². The Morgan fingerprint density at radius 1 is 1.03 bits per heavy atom. The van der Waals surface area contributed by atoms with Crippen molar-refractivity contribution in [1.29, 1.82) is 0 Å². The van der Waals surface area contributed by atoms with E-state index in [2.05, 4.69) is 0 Å². The minimum absolute atomic E-state index is 0.0176. The Labute approximate surface area is 196 Å². The molecule has 2 heterocycles. The zero-order chi connectivity index (χ0) is 24.7. The molecule has 12 heteroatoms. The molecule has 1 aromatic heterocycles. The van der Waals surface area contributed by atoms with Gasteiger partial charge in [-0.1, -0.05) is 11.6 Å². The second-order valence-electron chi connectivity index (χ2n) is 7.48. The number of aryl methyl sites for hydroxylation is 1. The third kappa shape index (κ3) is 4.01. The number of aromatic nitrogens is 1. The van der Waals surface area contributed by atoms with Crippen molar-refractivity contribution in [2.75, 3.05) is 16.5 Å². The fourth-order valence-corrected chi connectivity index (χ4v) is 3.86. The molecule has 1 aliphatic rings. The summed E-state index contributed by atoms with van der Waals surface area (Å²) < 4.78 is 33.8. The Bertz CT molecular complexity index is 1390. The number of hydrogen-bond acceptors (Lipinski definition) is 4. The van der Waals surface area contributed by atoms with Crippen molar-refractivity contribution in [2.45, 2.75) is 13.5 Å². The maximum Gasteiger partial charge on any atom is 0.320 e. The van der Waals surface area contributed by atoms with Crippen molar-refractivity contribution in [3.05, 3.63) is 80.7 Å². The fraction of sp³-hybridized carbons (Fsp3) is 0.136. The van der Waals surface area contributed by atoms with Gasteiger partial charge in [-0.15, -0.1) is 0 Å². The largest absolute Gasteiger partial charge is 0.487 e. The van der Waals surface area contributed by atoms with E-state index in [9.17, 15) is 23.2 Å². The van der Waals surface area contributed by atoms with E-state index in [0.717, 1.165) is 21.9 Å². The van der Waals surface area contributed by atoms with Gasteiger partial charge in [-0.05, 0) is 37.3 Å². The lowest BCUT2D eigenvalue weighted by molar-refractivity contribution is 0.252. The summed E-state index contributed by atoms with van der Waals surface area (Å²) in [7, 11) is 0. The minimum atomic E-state index is -0.805. The maximum atomic E-state index is 13.9. The molecule has 4 amide bonds. The highest BCUT2D eigenvalue weighted by atomic mass is 35.5. The number of carbonyl (C=O) groups excluding carboxylic acids is 2. The maximum absolute atomic E-state index is 13.9. The molecule has 3 aromatic rings. The van der Waals surface area contributed by atoms with Gasteiger partial charge in [0.15, 0.2) is 0 Å². The van der Waals surface area contributed by atoms with Gasteiger partial charge < -0.3 is 16.2 Å². The van der Waals surface area contributed by atoms with Gasteiger partial charge in [-0.2, -0.15) is 0 Å². The Hall–Kier alpha value is -4.12. The molecule has 0 aliphatic carbocycles. The van der Waals surface area contributed by atoms with E-state index in [1.54, 1.807) is 13.0 Å². The van der Waals surface area contributed by atoms with Crippen molar-refractivity contribution >= 4 is 35.0 Å². The zero-order valence-corrected chi connectivity index (χ0v) is 18.5. The second kappa shape index (κ2) is 8.67. The highest BCUT2D eigenvalue weighted by Gasteiger charge is 2.32. The molecule has 4 N–H and O–H groups in total. The summed E-state index contributed by atoms with van der Waals surface area (Å²) in [5.41, 5.74) is 11.7. The number of nitrogens with two attached hydrogens (primary N) is 2. The number of benzene rings is 2. The number of hydrogen-bond donors (Lipinski definition) is 2. The van der Waals surface area contributed by atoms with Crippen molar-refractivity contribution in [2.24, 2.45) is 11.5 Å². The molecule has 9 nitrogen and oxygen atoms in total. The van der Waals surface area contributed by atoms with E-state index in [1.807, 2.05) is 0 Å². The molecule has 0 fully saturated rings. The third-order valence-corrected chi connectivity index (χ3v) is 5.66. The number of carbonyl (C=O) groups is 2. The first kappa shape index (κ1) is 23.1. The Balaban J connectivity index is 1.70. The number of nitrogens with zero attached hydrogens (tertiary/aromatic N) is 3. The van der Waals surface area contributed by atoms with Crippen LogP contribution in [0.5, 0.6) is 5.75 Å². The number of anilines is 2. The molecule has 0 spiro atoms. The molecule has 176 valence electrons. The number of fused-ring (bicyclic) bond motifs is 1. The van der Waals surface area contributed by atoms with Crippen LogP contribution >= 0.6 is 11.6 Å². The van der Waals surface area contributed by atoms with Crippen LogP contribution < -0.4 is 31.6 Å². The van der Waals surface area contributed by atoms with Crippen molar-refractivity contribution in [3.8, 4) is 11.4 Å². The van der Waals surface area contributed by atoms with Gasteiger partial charge in [-0.3, -0.25) is 19.2 Å². The summed E-state index contributed by atoms with van der Waals surface area (Å²) in [6.45, 7) is 1.19. The van der Waals surface area contributed by atoms with E-state index in [-0.39, 0.29) is 29.6 Å². The summed E-state index contributed by atoms with van der Waals surface area (Å²) in [6, 6.07) is 7.55. The van der Waals surface area contributed by atoms with Crippen LogP contribution in [-0.4, -0.2) is 23.3 Å². The highest BCUT2D eigenvalue weighted by molar-refractivity contribution is 6.31. The monoisotopic (exact) mass is 489 g/mol. The Morgan fingerprint density at radius 3 is 2.35 bits per heavy atom. The number of halogens is 3. The van der Waals surface area contributed by atoms with Gasteiger partial charge >= 0.3 is 12.1 Å². The molecule has 0 saturated carbocycles. The summed E-state index contributed by atoms with van der Waals surface area (Å²) in [5, 5.41) is -0.265. The molecule has 34 heavy (non-hydrogen) atoms. The van der Waals surface area contributed by atoms with E-state index in [0.29, 0.717) is 22.8 Å². The highest BCUT2D eigenvalue weighted by Crippen LogP contribution is 2.37. The number of primary amides is 2. The number of pyridine rings is 1. The quantitative estimate of drug-likeness (QED) is 0.582. The molecule has 0 radical (unpaired) electrons. The van der Waals surface area contributed by atoms with Crippen LogP contribution in [0.25, 0.3) is 5.69 Å². The minimum Gasteiger partial charge on any atom is -0.487 e. The predicted molar refractivity (Wildman–Crippen MR) is 121 cm³/mol. The topological polar surface area (TPSA) is 124 Å². The number of amides is 4. The summed E-state index contributed by atoms with van der Waals surface area (Å²) in [6.07, 6.45) is 0. The van der Waals surface area contributed by atoms with Crippen molar-refractivity contribution < 1.29 is 23.1 Å². The van der Waals surface area contributed by atoms with Crippen LogP contribution in [0, 0.1) is 18.6 Å². The summed E-state index contributed by atoms with van der Waals surface area (Å²) in [5.74, 6) is -1.49. The number of ether oxygens (including phenoxy) is 1. The van der Waals surface area contributed by atoms with E-state index in [4.69, 9.17) is 27.8 Å². The molecule has 0 unspecified atom stereocenters. The molecule has 4 rings (SSSR count). The van der Waals surface area contributed by atoms with Crippen molar-refractivity contribution in [1.82, 2.24) is 4.57 Å². The second-order valence-corrected chi connectivity index (χ2v) is 7.85. The van der Waals surface area contributed by atoms with Crippen LogP contribution in [0.1, 0.15) is 11.3 Å². The zero-order valence-electron chi connectivity index (χ0n) is 17.7. The first-order chi connectivity index (χ1) is 16.1. The van der Waals surface area contributed by atoms with E-state index < -0.39 is 29.3 Å². The lowest BCUT2D eigenvalue weighted by atomic mass is 10.2. The van der Waals surface area contributed by atoms with Crippen LogP contribution in [0.15, 0.2) is 47.3 Å². The van der Waals surface area contributed by atoms with Crippen LogP contribution in [0.2, 0.25) is 5.02 Å². The molecular formula is C22H18ClF2N5O4. The van der Waals surface area contributed by atoms with Crippen molar-refractivity contribution in [3.63, 3.8) is 0 Å². The Kier molecular flexibility index (Phi) is 5.88. The molecule has 0 bridgehead atoms. The smallest absolute Gasteiger partial charge is 0.320 e. The molecule has 2 aromatic carbocycles. The molecule has 0 atom stereocenters. The summed E-state index contributed by atoms with van der Waals surface area (Å²) >= 11 is 6.25. The molecular weight excluding hydrogens is 472 g/mol. The SMILES string of the molecule is Cc1cc(OCc2ccc(F)cc2F)c(Cl)c(=O)n1-c1ccc2c(c1)N(C(N)=O)CN2C(N)=O. The van der Waals surface area contributed by atoms with Gasteiger partial charge in [0.2, 0.25) is 0 Å². The first-order valence-electron chi connectivity index (χ1n) is 9.85. The third-order valence-electron chi connectivity index (χ3n) is 5.31. The Morgan fingerprint density at radius 2 is 1.71 bits per heavy atom. The van der Waals surface area contributed by atoms with E-state index >= 15 is 0 Å². The van der Waals surface area contributed by atoms with Crippen LogP contribution in [-0.2, 0) is 6.61 Å². The standard InChI is InChI=1S/C22H18ClF2N5O4/c1-11-6-18(34-9-12-2-3-13(24)7-15(12)25)19(23)20(31)30(11)14-4-5-16-17(8-14)29(22(27)33)10-28(16)21(26)32/h2-8H,9-10H2,1H3,(H2,26,32)(H2,27,33). The predicted octanol–water partition coefficient (Wildman–Crippen LogP) is 3.40. The van der Waals surface area contributed by atoms with Gasteiger partial charge in [0.05, 0.1) is 17.1 Å². The lowest BCUT2D eigenvalue weighted by Crippen LogP contribution is -2.43. The van der Waals surface area contributed by atoms with Crippen LogP contribution in [0.3, 0.4) is 0 Å². The average molecular weight is 490 g/mol. The molecule has 1 aliphatic heterocycles. The number of urea groups is 2. The van der Waals surface area contributed by atoms with Gasteiger partial charge in [0.1, 0.15) is 35.7 Å². The first-order valence-corrected chi connectivity index (χ1v) is 10.2. The normalized spacial score (nSPS) is 12.6. The average Bonchev–Trinajstić information content (AvgIpc) is 3.16. The van der Waals surface area contributed by atoms with Gasteiger partial charge in [-0.25, -0.2) is 18.4 Å². The fourth-order valence-electron chi connectivity index (χ4n) is 3.67. The lowest BCUT2D eigenvalue weighted by Gasteiger charge is -2.17. The van der Waals surface area contributed by atoms with E-state index in [1.165, 1.54) is 28.8 Å². The molecule has 0 saturated heterocycles. The van der Waals surface area contributed by atoms with Gasteiger partial charge in [0.25, 0.3) is 5.56 Å². The van der Waals surface area contributed by atoms with Gasteiger partial charge in [0, 0.05) is 23.4 Å². The number of rotatable bonds is 4.